The Morgan fingerprint density at radius 3 is 2.52 bits per heavy atom. The maximum absolute atomic E-state index is 11.4. The zero-order valence-corrected chi connectivity index (χ0v) is 12.1. The Kier molecular flexibility index (Phi) is 3.48. The number of esters is 1. The molecule has 0 unspecified atom stereocenters. The Hall–Kier alpha value is -2.55. The summed E-state index contributed by atoms with van der Waals surface area (Å²) in [4.78, 5) is 11.4. The summed E-state index contributed by atoms with van der Waals surface area (Å²) in [7, 11) is 1.39. The van der Waals surface area contributed by atoms with Crippen molar-refractivity contribution in [2.75, 3.05) is 7.11 Å². The van der Waals surface area contributed by atoms with Crippen LogP contribution < -0.4 is 0 Å². The van der Waals surface area contributed by atoms with E-state index in [1.807, 2.05) is 37.3 Å². The van der Waals surface area contributed by atoms with Crippen molar-refractivity contribution < 1.29 is 13.9 Å². The highest BCUT2D eigenvalue weighted by Crippen LogP contribution is 2.27. The van der Waals surface area contributed by atoms with Crippen LogP contribution in [-0.2, 0) is 11.2 Å². The van der Waals surface area contributed by atoms with Crippen LogP contribution in [0.5, 0.6) is 0 Å². The van der Waals surface area contributed by atoms with Gasteiger partial charge in [0, 0.05) is 17.4 Å². The van der Waals surface area contributed by atoms with Gasteiger partial charge in [0.2, 0.25) is 0 Å². The van der Waals surface area contributed by atoms with Gasteiger partial charge in [-0.15, -0.1) is 0 Å². The van der Waals surface area contributed by atoms with Gasteiger partial charge in [-0.3, -0.25) is 0 Å². The maximum Gasteiger partial charge on any atom is 0.337 e. The quantitative estimate of drug-likeness (QED) is 0.677. The molecular formula is C18H16O3. The zero-order chi connectivity index (χ0) is 14.8. The molecule has 3 nitrogen and oxygen atoms in total. The minimum absolute atomic E-state index is 0.313. The molecule has 0 saturated carbocycles. The van der Waals surface area contributed by atoms with E-state index in [1.54, 1.807) is 12.1 Å². The van der Waals surface area contributed by atoms with E-state index in [9.17, 15) is 4.79 Å². The average Bonchev–Trinajstić information content (AvgIpc) is 2.83. The number of fused-ring (bicyclic) bond motifs is 1. The Balaban J connectivity index is 1.92. The second-order valence-electron chi connectivity index (χ2n) is 5.00. The van der Waals surface area contributed by atoms with E-state index < -0.39 is 0 Å². The molecule has 0 bridgehead atoms. The van der Waals surface area contributed by atoms with Crippen molar-refractivity contribution in [3.63, 3.8) is 0 Å². The Morgan fingerprint density at radius 1 is 1.10 bits per heavy atom. The predicted octanol–water partition coefficient (Wildman–Crippen LogP) is 4.12. The number of rotatable bonds is 3. The third-order valence-electron chi connectivity index (χ3n) is 3.66. The fraction of sp³-hybridized carbons (Fsp3) is 0.167. The summed E-state index contributed by atoms with van der Waals surface area (Å²) < 4.78 is 10.5. The third-order valence-corrected chi connectivity index (χ3v) is 3.66. The molecule has 0 atom stereocenters. The van der Waals surface area contributed by atoms with E-state index in [0.29, 0.717) is 5.56 Å². The third kappa shape index (κ3) is 2.55. The van der Waals surface area contributed by atoms with Gasteiger partial charge < -0.3 is 9.15 Å². The van der Waals surface area contributed by atoms with E-state index in [1.165, 1.54) is 12.7 Å². The number of carbonyl (C=O) groups is 1. The van der Waals surface area contributed by atoms with Crippen molar-refractivity contribution >= 4 is 16.9 Å². The molecule has 0 radical (unpaired) electrons. The summed E-state index contributed by atoms with van der Waals surface area (Å²) in [5, 5.41) is 1.15. The standard InChI is InChI=1S/C18H16O3/c1-12-16(15-5-3-4-6-17(15)21-12)11-13-7-9-14(10-8-13)18(19)20-2/h3-10H,11H2,1-2H3. The lowest BCUT2D eigenvalue weighted by Gasteiger charge is -2.03. The van der Waals surface area contributed by atoms with Crippen molar-refractivity contribution in [2.24, 2.45) is 0 Å². The number of furan rings is 1. The molecule has 0 amide bonds. The minimum atomic E-state index is -0.313. The zero-order valence-electron chi connectivity index (χ0n) is 12.1. The second kappa shape index (κ2) is 5.44. The monoisotopic (exact) mass is 280 g/mol. The van der Waals surface area contributed by atoms with Gasteiger partial charge in [0.15, 0.2) is 0 Å². The summed E-state index contributed by atoms with van der Waals surface area (Å²) in [6.45, 7) is 1.98. The smallest absolute Gasteiger partial charge is 0.337 e. The minimum Gasteiger partial charge on any atom is -0.465 e. The van der Waals surface area contributed by atoms with Crippen LogP contribution in [0.3, 0.4) is 0 Å². The fourth-order valence-electron chi connectivity index (χ4n) is 2.52. The van der Waals surface area contributed by atoms with Crippen molar-refractivity contribution in [1.82, 2.24) is 0 Å². The van der Waals surface area contributed by atoms with E-state index in [4.69, 9.17) is 9.15 Å². The van der Waals surface area contributed by atoms with Crippen LogP contribution in [0, 0.1) is 6.92 Å². The van der Waals surface area contributed by atoms with E-state index in [0.717, 1.165) is 28.7 Å². The number of hydrogen-bond acceptors (Lipinski definition) is 3. The Bertz CT molecular complexity index is 782. The van der Waals surface area contributed by atoms with E-state index in [2.05, 4.69) is 6.07 Å². The van der Waals surface area contributed by atoms with Crippen LogP contribution in [0.1, 0.15) is 27.2 Å². The van der Waals surface area contributed by atoms with Crippen LogP contribution in [0.25, 0.3) is 11.0 Å². The molecule has 1 aromatic heterocycles. The molecular weight excluding hydrogens is 264 g/mol. The molecule has 3 aromatic rings. The lowest BCUT2D eigenvalue weighted by atomic mass is 10.0. The maximum atomic E-state index is 11.4. The first-order valence-corrected chi connectivity index (χ1v) is 6.83. The number of carbonyl (C=O) groups excluding carboxylic acids is 1. The van der Waals surface area contributed by atoms with Gasteiger partial charge in [-0.05, 0) is 30.7 Å². The van der Waals surface area contributed by atoms with Crippen molar-refractivity contribution in [1.29, 1.82) is 0 Å². The number of aryl methyl sites for hydroxylation is 1. The van der Waals surface area contributed by atoms with Gasteiger partial charge in [0.25, 0.3) is 0 Å². The van der Waals surface area contributed by atoms with Crippen molar-refractivity contribution in [3.05, 3.63) is 71.0 Å². The van der Waals surface area contributed by atoms with Gasteiger partial charge in [-0.25, -0.2) is 4.79 Å². The lowest BCUT2D eigenvalue weighted by Crippen LogP contribution is -2.01. The van der Waals surface area contributed by atoms with Gasteiger partial charge in [0.1, 0.15) is 11.3 Å². The molecule has 0 aliphatic rings. The molecule has 0 saturated heterocycles. The first-order valence-electron chi connectivity index (χ1n) is 6.83. The highest BCUT2D eigenvalue weighted by atomic mass is 16.5. The number of hydrogen-bond donors (Lipinski definition) is 0. The number of benzene rings is 2. The second-order valence-corrected chi connectivity index (χ2v) is 5.00. The Labute approximate surface area is 123 Å². The molecule has 0 spiro atoms. The van der Waals surface area contributed by atoms with Gasteiger partial charge >= 0.3 is 5.97 Å². The van der Waals surface area contributed by atoms with Gasteiger partial charge in [-0.2, -0.15) is 0 Å². The first kappa shape index (κ1) is 13.4. The predicted molar refractivity (Wildman–Crippen MR) is 81.5 cm³/mol. The van der Waals surface area contributed by atoms with Crippen LogP contribution in [-0.4, -0.2) is 13.1 Å². The molecule has 21 heavy (non-hydrogen) atoms. The first-order chi connectivity index (χ1) is 10.2. The SMILES string of the molecule is COC(=O)c1ccc(Cc2c(C)oc3ccccc23)cc1. The molecule has 3 heteroatoms. The van der Waals surface area contributed by atoms with Crippen LogP contribution in [0.15, 0.2) is 52.9 Å². The van der Waals surface area contributed by atoms with Gasteiger partial charge in [0.05, 0.1) is 12.7 Å². The number of ether oxygens (including phenoxy) is 1. The summed E-state index contributed by atoms with van der Waals surface area (Å²) in [6.07, 6.45) is 0.782. The summed E-state index contributed by atoms with van der Waals surface area (Å²) in [6, 6.07) is 15.5. The molecule has 0 fully saturated rings. The van der Waals surface area contributed by atoms with Crippen LogP contribution >= 0.6 is 0 Å². The molecule has 0 aliphatic heterocycles. The van der Waals surface area contributed by atoms with Crippen LogP contribution in [0.4, 0.5) is 0 Å². The topological polar surface area (TPSA) is 39.4 Å². The summed E-state index contributed by atoms with van der Waals surface area (Å²) >= 11 is 0. The highest BCUT2D eigenvalue weighted by Gasteiger charge is 2.11. The lowest BCUT2D eigenvalue weighted by molar-refractivity contribution is 0.0600. The van der Waals surface area contributed by atoms with Gasteiger partial charge in [-0.1, -0.05) is 30.3 Å². The van der Waals surface area contributed by atoms with E-state index >= 15 is 0 Å². The molecule has 3 rings (SSSR count). The normalized spacial score (nSPS) is 10.8. The molecule has 0 N–H and O–H groups in total. The Morgan fingerprint density at radius 2 is 1.81 bits per heavy atom. The molecule has 1 heterocycles. The fourth-order valence-corrected chi connectivity index (χ4v) is 2.52. The number of para-hydroxylation sites is 1. The molecule has 2 aromatic carbocycles. The average molecular weight is 280 g/mol. The number of methoxy groups -OCH3 is 1. The largest absolute Gasteiger partial charge is 0.465 e. The highest BCUT2D eigenvalue weighted by molar-refractivity contribution is 5.89. The van der Waals surface area contributed by atoms with E-state index in [-0.39, 0.29) is 5.97 Å². The summed E-state index contributed by atoms with van der Waals surface area (Å²) in [5.74, 6) is 0.625. The molecule has 106 valence electrons. The molecule has 0 aliphatic carbocycles. The van der Waals surface area contributed by atoms with Crippen molar-refractivity contribution in [2.45, 2.75) is 13.3 Å². The van der Waals surface area contributed by atoms with Crippen molar-refractivity contribution in [3.8, 4) is 0 Å². The van der Waals surface area contributed by atoms with Crippen LogP contribution in [0.2, 0.25) is 0 Å². The summed E-state index contributed by atoms with van der Waals surface area (Å²) in [5.41, 5.74) is 3.81.